The third-order valence-electron chi connectivity index (χ3n) is 6.02. The Labute approximate surface area is 201 Å². The molecule has 4 nitrogen and oxygen atoms in total. The third-order valence-corrected chi connectivity index (χ3v) is 6.27. The number of benzene rings is 3. The zero-order chi connectivity index (χ0) is 23.0. The van der Waals surface area contributed by atoms with Crippen LogP contribution in [-0.2, 0) is 13.2 Å². The number of rotatable bonds is 11. The summed E-state index contributed by atoms with van der Waals surface area (Å²) >= 11 is 5.97. The zero-order valence-electron chi connectivity index (χ0n) is 19.3. The monoisotopic (exact) mass is 462 g/mol. The van der Waals surface area contributed by atoms with Crippen molar-refractivity contribution in [2.75, 3.05) is 6.61 Å². The number of aryl methyl sites for hydroxylation is 1. The molecule has 1 unspecified atom stereocenters. The van der Waals surface area contributed by atoms with Gasteiger partial charge in [-0.25, -0.2) is 4.98 Å². The Hall–Kier alpha value is -2.98. The maximum atomic E-state index is 5.97. The quantitative estimate of drug-likeness (QED) is 0.215. The van der Waals surface area contributed by atoms with Gasteiger partial charge in [0.15, 0.2) is 0 Å². The fourth-order valence-electron chi connectivity index (χ4n) is 3.85. The Morgan fingerprint density at radius 2 is 1.58 bits per heavy atom. The van der Waals surface area contributed by atoms with E-state index >= 15 is 0 Å². The molecule has 0 radical (unpaired) electrons. The van der Waals surface area contributed by atoms with E-state index in [0.717, 1.165) is 54.2 Å². The molecule has 0 spiro atoms. The first-order valence-electron chi connectivity index (χ1n) is 11.7. The summed E-state index contributed by atoms with van der Waals surface area (Å²) in [6.07, 6.45) is 3.12. The van der Waals surface area contributed by atoms with Gasteiger partial charge in [0.1, 0.15) is 23.9 Å². The van der Waals surface area contributed by atoms with Crippen LogP contribution in [-0.4, -0.2) is 16.2 Å². The van der Waals surface area contributed by atoms with Gasteiger partial charge in [-0.3, -0.25) is 0 Å². The molecule has 172 valence electrons. The molecule has 0 N–H and O–H groups in total. The second kappa shape index (κ2) is 11.2. The van der Waals surface area contributed by atoms with Crippen molar-refractivity contribution >= 4 is 22.6 Å². The van der Waals surface area contributed by atoms with Gasteiger partial charge in [0.05, 0.1) is 17.6 Å². The maximum Gasteiger partial charge on any atom is 0.147 e. The van der Waals surface area contributed by atoms with Crippen LogP contribution in [0.25, 0.3) is 11.0 Å². The number of halogens is 1. The molecule has 33 heavy (non-hydrogen) atoms. The van der Waals surface area contributed by atoms with E-state index < -0.39 is 0 Å². The largest absolute Gasteiger partial charge is 0.494 e. The lowest BCUT2D eigenvalue weighted by Gasteiger charge is -2.12. The van der Waals surface area contributed by atoms with E-state index in [1.165, 1.54) is 5.56 Å². The van der Waals surface area contributed by atoms with Crippen LogP contribution in [0, 0.1) is 0 Å². The summed E-state index contributed by atoms with van der Waals surface area (Å²) in [6.45, 7) is 6.45. The molecule has 3 aromatic carbocycles. The van der Waals surface area contributed by atoms with Gasteiger partial charge in [-0.05, 0) is 79.3 Å². The van der Waals surface area contributed by atoms with E-state index in [1.807, 2.05) is 36.4 Å². The van der Waals surface area contributed by atoms with Gasteiger partial charge in [-0.15, -0.1) is 0 Å². The van der Waals surface area contributed by atoms with Crippen LogP contribution < -0.4 is 9.47 Å². The van der Waals surface area contributed by atoms with Gasteiger partial charge < -0.3 is 14.0 Å². The SMILES string of the molecule is CCC(C)c1ccc(OCCCCn2c(COc3ccc(Cl)cc3)nc3ccccc32)cc1. The lowest BCUT2D eigenvalue weighted by atomic mass is 9.99. The van der Waals surface area contributed by atoms with E-state index in [2.05, 4.69) is 54.8 Å². The topological polar surface area (TPSA) is 36.3 Å². The average Bonchev–Trinajstić information content (AvgIpc) is 3.21. The van der Waals surface area contributed by atoms with Gasteiger partial charge >= 0.3 is 0 Å². The minimum atomic E-state index is 0.412. The molecule has 1 aromatic heterocycles. The highest BCUT2D eigenvalue weighted by Gasteiger charge is 2.11. The molecule has 0 saturated carbocycles. The smallest absolute Gasteiger partial charge is 0.147 e. The van der Waals surface area contributed by atoms with Crippen molar-refractivity contribution < 1.29 is 9.47 Å². The van der Waals surface area contributed by atoms with E-state index in [1.54, 1.807) is 0 Å². The summed E-state index contributed by atoms with van der Waals surface area (Å²) in [6, 6.07) is 24.2. The molecule has 1 atom stereocenters. The highest BCUT2D eigenvalue weighted by atomic mass is 35.5. The minimum Gasteiger partial charge on any atom is -0.494 e. The van der Waals surface area contributed by atoms with Gasteiger partial charge in [-0.1, -0.05) is 49.7 Å². The Morgan fingerprint density at radius 1 is 0.879 bits per heavy atom. The Morgan fingerprint density at radius 3 is 2.33 bits per heavy atom. The van der Waals surface area contributed by atoms with Crippen LogP contribution in [0.15, 0.2) is 72.8 Å². The first-order chi connectivity index (χ1) is 16.1. The van der Waals surface area contributed by atoms with Crippen molar-refractivity contribution in [3.05, 3.63) is 89.2 Å². The normalized spacial score (nSPS) is 12.1. The second-order valence-corrected chi connectivity index (χ2v) is 8.78. The number of imidazole rings is 1. The first kappa shape index (κ1) is 23.2. The number of unbranched alkanes of at least 4 members (excludes halogenated alkanes) is 1. The molecule has 5 heteroatoms. The zero-order valence-corrected chi connectivity index (χ0v) is 20.1. The van der Waals surface area contributed by atoms with Gasteiger partial charge in [-0.2, -0.15) is 0 Å². The number of fused-ring (bicyclic) bond motifs is 1. The molecule has 4 rings (SSSR count). The number of nitrogens with zero attached hydrogens (tertiary/aromatic N) is 2. The van der Waals surface area contributed by atoms with Gasteiger partial charge in [0.25, 0.3) is 0 Å². The number of ether oxygens (including phenoxy) is 2. The number of hydrogen-bond acceptors (Lipinski definition) is 3. The average molecular weight is 463 g/mol. The lowest BCUT2D eigenvalue weighted by Crippen LogP contribution is -2.09. The summed E-state index contributed by atoms with van der Waals surface area (Å²) in [7, 11) is 0. The van der Waals surface area contributed by atoms with Crippen LogP contribution in [0.2, 0.25) is 5.02 Å². The van der Waals surface area contributed by atoms with Crippen LogP contribution >= 0.6 is 11.6 Å². The molecule has 0 aliphatic heterocycles. The van der Waals surface area contributed by atoms with E-state index in [0.29, 0.717) is 24.2 Å². The molecule has 0 aliphatic rings. The highest BCUT2D eigenvalue weighted by Crippen LogP contribution is 2.23. The molecule has 1 heterocycles. The van der Waals surface area contributed by atoms with Gasteiger partial charge in [0, 0.05) is 11.6 Å². The molecular formula is C28H31ClN2O2. The summed E-state index contributed by atoms with van der Waals surface area (Å²) in [5.41, 5.74) is 3.49. The van der Waals surface area contributed by atoms with Crippen LogP contribution in [0.5, 0.6) is 11.5 Å². The molecule has 0 amide bonds. The highest BCUT2D eigenvalue weighted by molar-refractivity contribution is 6.30. The van der Waals surface area contributed by atoms with Crippen molar-refractivity contribution in [2.45, 2.75) is 52.2 Å². The number of para-hydroxylation sites is 2. The molecule has 0 saturated heterocycles. The summed E-state index contributed by atoms with van der Waals surface area (Å²) in [5.74, 6) is 3.23. The molecular weight excluding hydrogens is 432 g/mol. The second-order valence-electron chi connectivity index (χ2n) is 8.34. The molecule has 0 aliphatic carbocycles. The maximum absolute atomic E-state index is 5.97. The standard InChI is InChI=1S/C28H31ClN2O2/c1-3-21(2)22-10-14-24(15-11-22)32-19-7-6-18-31-27-9-5-4-8-26(27)30-28(31)20-33-25-16-12-23(29)13-17-25/h4-5,8-17,21H,3,6-7,18-20H2,1-2H3. The van der Waals surface area contributed by atoms with Crippen LogP contribution in [0.1, 0.15) is 50.4 Å². The van der Waals surface area contributed by atoms with Crippen LogP contribution in [0.4, 0.5) is 0 Å². The molecule has 4 aromatic rings. The predicted molar refractivity (Wildman–Crippen MR) is 135 cm³/mol. The minimum absolute atomic E-state index is 0.412. The van der Waals surface area contributed by atoms with E-state index in [9.17, 15) is 0 Å². The Balaban J connectivity index is 1.32. The van der Waals surface area contributed by atoms with Crippen molar-refractivity contribution in [2.24, 2.45) is 0 Å². The van der Waals surface area contributed by atoms with Crippen molar-refractivity contribution in [3.8, 4) is 11.5 Å². The fourth-order valence-corrected chi connectivity index (χ4v) is 3.98. The van der Waals surface area contributed by atoms with Gasteiger partial charge in [0.2, 0.25) is 0 Å². The third kappa shape index (κ3) is 6.08. The Kier molecular flexibility index (Phi) is 7.90. The lowest BCUT2D eigenvalue weighted by molar-refractivity contribution is 0.285. The van der Waals surface area contributed by atoms with Crippen molar-refractivity contribution in [1.29, 1.82) is 0 Å². The molecule has 0 bridgehead atoms. The fraction of sp³-hybridized carbons (Fsp3) is 0.321. The summed E-state index contributed by atoms with van der Waals surface area (Å²) in [4.78, 5) is 4.80. The van der Waals surface area contributed by atoms with E-state index in [-0.39, 0.29) is 0 Å². The number of aromatic nitrogens is 2. The first-order valence-corrected chi connectivity index (χ1v) is 12.1. The predicted octanol–water partition coefficient (Wildman–Crippen LogP) is 7.64. The van der Waals surface area contributed by atoms with Crippen molar-refractivity contribution in [1.82, 2.24) is 9.55 Å². The summed E-state index contributed by atoms with van der Waals surface area (Å²) < 4.78 is 14.2. The summed E-state index contributed by atoms with van der Waals surface area (Å²) in [5, 5.41) is 0.697. The van der Waals surface area contributed by atoms with Crippen molar-refractivity contribution in [3.63, 3.8) is 0 Å². The Bertz CT molecular complexity index is 1150. The number of hydrogen-bond donors (Lipinski definition) is 0. The van der Waals surface area contributed by atoms with E-state index in [4.69, 9.17) is 26.1 Å². The van der Waals surface area contributed by atoms with Crippen LogP contribution in [0.3, 0.4) is 0 Å². The molecule has 0 fully saturated rings.